The molecule has 2 aromatic rings. The Labute approximate surface area is 173 Å². The van der Waals surface area contributed by atoms with E-state index in [4.69, 9.17) is 9.47 Å². The maximum absolute atomic E-state index is 13.9. The standard InChI is InChI=1S/C22H24F3NO4/c1-29-17-11-7-12-18(30-2)19(17)20(26-13-6-5-10-16(26)21(27)28)14-8-3-4-9-15(14)22(23,24)25/h3-4,7-9,11-12,16,20H,5-6,10,13H2,1-2H3,(H,27,28). The molecule has 1 aliphatic rings. The van der Waals surface area contributed by atoms with Crippen molar-refractivity contribution in [1.29, 1.82) is 0 Å². The molecule has 0 aromatic heterocycles. The van der Waals surface area contributed by atoms with Crippen LogP contribution in [0.2, 0.25) is 0 Å². The molecule has 2 atom stereocenters. The second-order valence-electron chi connectivity index (χ2n) is 7.15. The predicted octanol–water partition coefficient (Wildman–Crippen LogP) is 4.75. The van der Waals surface area contributed by atoms with Crippen LogP contribution < -0.4 is 9.47 Å². The van der Waals surface area contributed by atoms with Gasteiger partial charge in [0.25, 0.3) is 0 Å². The van der Waals surface area contributed by atoms with Crippen LogP contribution in [0.5, 0.6) is 11.5 Å². The maximum atomic E-state index is 13.9. The van der Waals surface area contributed by atoms with Gasteiger partial charge in [-0.1, -0.05) is 30.7 Å². The summed E-state index contributed by atoms with van der Waals surface area (Å²) >= 11 is 0. The van der Waals surface area contributed by atoms with Crippen LogP contribution in [0.1, 0.15) is 42.0 Å². The third-order valence-electron chi connectivity index (χ3n) is 5.46. The molecule has 5 nitrogen and oxygen atoms in total. The van der Waals surface area contributed by atoms with Crippen molar-refractivity contribution in [3.63, 3.8) is 0 Å². The lowest BCUT2D eigenvalue weighted by atomic mass is 9.88. The van der Waals surface area contributed by atoms with Gasteiger partial charge in [0.15, 0.2) is 0 Å². The zero-order valence-corrected chi connectivity index (χ0v) is 16.8. The summed E-state index contributed by atoms with van der Waals surface area (Å²) < 4.78 is 52.7. The molecule has 1 N–H and O–H groups in total. The minimum atomic E-state index is -4.60. The Morgan fingerprint density at radius 3 is 2.27 bits per heavy atom. The van der Waals surface area contributed by atoms with Gasteiger partial charge in [-0.2, -0.15) is 13.2 Å². The van der Waals surface area contributed by atoms with Crippen molar-refractivity contribution in [3.8, 4) is 11.5 Å². The average molecular weight is 423 g/mol. The van der Waals surface area contributed by atoms with Gasteiger partial charge in [0, 0.05) is 0 Å². The normalized spacial score (nSPS) is 18.6. The van der Waals surface area contributed by atoms with E-state index in [2.05, 4.69) is 0 Å². The van der Waals surface area contributed by atoms with E-state index >= 15 is 0 Å². The minimum Gasteiger partial charge on any atom is -0.496 e. The number of methoxy groups -OCH3 is 2. The topological polar surface area (TPSA) is 59.0 Å². The highest BCUT2D eigenvalue weighted by atomic mass is 19.4. The highest BCUT2D eigenvalue weighted by molar-refractivity contribution is 5.74. The Balaban J connectivity index is 2.31. The maximum Gasteiger partial charge on any atom is 0.416 e. The summed E-state index contributed by atoms with van der Waals surface area (Å²) in [6.45, 7) is 0.342. The fourth-order valence-corrected chi connectivity index (χ4v) is 4.17. The van der Waals surface area contributed by atoms with Gasteiger partial charge in [-0.3, -0.25) is 9.69 Å². The number of carbonyl (C=O) groups is 1. The average Bonchev–Trinajstić information content (AvgIpc) is 2.74. The predicted molar refractivity (Wildman–Crippen MR) is 105 cm³/mol. The van der Waals surface area contributed by atoms with Crippen molar-refractivity contribution in [3.05, 3.63) is 59.2 Å². The number of benzene rings is 2. The third kappa shape index (κ3) is 4.23. The molecule has 0 aliphatic carbocycles. The van der Waals surface area contributed by atoms with E-state index in [0.717, 1.165) is 6.07 Å². The van der Waals surface area contributed by atoms with Crippen LogP contribution in [0.4, 0.5) is 13.2 Å². The summed E-state index contributed by atoms with van der Waals surface area (Å²) in [6.07, 6.45) is -2.85. The molecular formula is C22H24F3NO4. The van der Waals surface area contributed by atoms with Crippen LogP contribution in [0, 0.1) is 0 Å². The van der Waals surface area contributed by atoms with Crippen LogP contribution in [-0.4, -0.2) is 42.8 Å². The Morgan fingerprint density at radius 2 is 1.70 bits per heavy atom. The SMILES string of the molecule is COc1cccc(OC)c1C(c1ccccc1C(F)(F)F)N1CCCCC1C(=O)O. The van der Waals surface area contributed by atoms with Gasteiger partial charge in [-0.15, -0.1) is 0 Å². The Bertz CT molecular complexity index is 878. The van der Waals surface area contributed by atoms with Gasteiger partial charge >= 0.3 is 12.1 Å². The van der Waals surface area contributed by atoms with Gasteiger partial charge in [0.1, 0.15) is 17.5 Å². The summed E-state index contributed by atoms with van der Waals surface area (Å²) in [5.41, 5.74) is -0.453. The van der Waals surface area contributed by atoms with Crippen LogP contribution in [-0.2, 0) is 11.0 Å². The molecule has 0 radical (unpaired) electrons. The van der Waals surface area contributed by atoms with Crippen LogP contribution in [0.25, 0.3) is 0 Å². The summed E-state index contributed by atoms with van der Waals surface area (Å²) in [7, 11) is 2.85. The fraction of sp³-hybridized carbons (Fsp3) is 0.409. The lowest BCUT2D eigenvalue weighted by Gasteiger charge is -2.41. The van der Waals surface area contributed by atoms with E-state index in [1.54, 1.807) is 23.1 Å². The molecule has 162 valence electrons. The van der Waals surface area contributed by atoms with Gasteiger partial charge in [-0.05, 0) is 43.1 Å². The number of carboxylic acids is 1. The number of ether oxygens (including phenoxy) is 2. The van der Waals surface area contributed by atoms with Crippen LogP contribution >= 0.6 is 0 Å². The van der Waals surface area contributed by atoms with Crippen molar-refractivity contribution in [2.75, 3.05) is 20.8 Å². The van der Waals surface area contributed by atoms with Gasteiger partial charge in [0.2, 0.25) is 0 Å². The molecule has 1 aliphatic heterocycles. The number of hydrogen-bond donors (Lipinski definition) is 1. The third-order valence-corrected chi connectivity index (χ3v) is 5.46. The van der Waals surface area contributed by atoms with Gasteiger partial charge in [0.05, 0.1) is 31.4 Å². The Morgan fingerprint density at radius 1 is 1.07 bits per heavy atom. The fourth-order valence-electron chi connectivity index (χ4n) is 4.17. The Hall–Kier alpha value is -2.74. The highest BCUT2D eigenvalue weighted by Crippen LogP contribution is 2.46. The van der Waals surface area contributed by atoms with E-state index in [1.165, 1.54) is 32.4 Å². The number of carboxylic acid groups (broad SMARTS) is 1. The molecular weight excluding hydrogens is 399 g/mol. The molecule has 30 heavy (non-hydrogen) atoms. The number of nitrogens with zero attached hydrogens (tertiary/aromatic N) is 1. The quantitative estimate of drug-likeness (QED) is 0.727. The van der Waals surface area contributed by atoms with E-state index in [-0.39, 0.29) is 5.56 Å². The molecule has 3 rings (SSSR count). The molecule has 0 amide bonds. The van der Waals surface area contributed by atoms with E-state index in [0.29, 0.717) is 42.9 Å². The molecule has 1 fully saturated rings. The second kappa shape index (κ2) is 8.95. The van der Waals surface area contributed by atoms with Gasteiger partial charge < -0.3 is 14.6 Å². The lowest BCUT2D eigenvalue weighted by Crippen LogP contribution is -2.47. The summed E-state index contributed by atoms with van der Waals surface area (Å²) in [6, 6.07) is 8.30. The first-order chi connectivity index (χ1) is 14.3. The van der Waals surface area contributed by atoms with Crippen molar-refractivity contribution < 1.29 is 32.5 Å². The molecule has 2 unspecified atom stereocenters. The largest absolute Gasteiger partial charge is 0.496 e. The first-order valence-electron chi connectivity index (χ1n) is 9.65. The van der Waals surface area contributed by atoms with E-state index in [1.807, 2.05) is 0 Å². The first-order valence-corrected chi connectivity index (χ1v) is 9.65. The van der Waals surface area contributed by atoms with E-state index < -0.39 is 29.8 Å². The summed E-state index contributed by atoms with van der Waals surface area (Å²) in [5, 5.41) is 9.81. The second-order valence-corrected chi connectivity index (χ2v) is 7.15. The molecule has 0 spiro atoms. The molecule has 0 saturated carbocycles. The monoisotopic (exact) mass is 423 g/mol. The molecule has 0 bridgehead atoms. The number of likely N-dealkylation sites (tertiary alicyclic amines) is 1. The highest BCUT2D eigenvalue weighted by Gasteiger charge is 2.42. The number of hydrogen-bond acceptors (Lipinski definition) is 4. The van der Waals surface area contributed by atoms with Gasteiger partial charge in [-0.25, -0.2) is 0 Å². The number of aliphatic carboxylic acids is 1. The zero-order chi connectivity index (χ0) is 21.9. The van der Waals surface area contributed by atoms with Crippen molar-refractivity contribution in [2.45, 2.75) is 37.5 Å². The first kappa shape index (κ1) is 22.0. The molecule has 1 heterocycles. The number of halogens is 3. The van der Waals surface area contributed by atoms with Crippen molar-refractivity contribution in [1.82, 2.24) is 4.90 Å². The number of piperidine rings is 1. The molecule has 8 heteroatoms. The minimum absolute atomic E-state index is 0.0269. The van der Waals surface area contributed by atoms with Crippen molar-refractivity contribution >= 4 is 5.97 Å². The van der Waals surface area contributed by atoms with Crippen molar-refractivity contribution in [2.24, 2.45) is 0 Å². The zero-order valence-electron chi connectivity index (χ0n) is 16.8. The van der Waals surface area contributed by atoms with Crippen LogP contribution in [0.3, 0.4) is 0 Å². The number of rotatable bonds is 6. The lowest BCUT2D eigenvalue weighted by molar-refractivity contribution is -0.145. The molecule has 2 aromatic carbocycles. The summed E-state index contributed by atoms with van der Waals surface area (Å²) in [4.78, 5) is 13.6. The smallest absolute Gasteiger partial charge is 0.416 e. The number of alkyl halides is 3. The summed E-state index contributed by atoms with van der Waals surface area (Å²) in [5.74, 6) is -0.380. The molecule has 1 saturated heterocycles. The van der Waals surface area contributed by atoms with Crippen LogP contribution in [0.15, 0.2) is 42.5 Å². The Kier molecular flexibility index (Phi) is 6.55. The van der Waals surface area contributed by atoms with E-state index in [9.17, 15) is 23.1 Å².